The summed E-state index contributed by atoms with van der Waals surface area (Å²) in [6.45, 7) is 8.87. The molecule has 0 spiro atoms. The largest absolute Gasteiger partial charge is 0.494 e. The van der Waals surface area contributed by atoms with Crippen molar-refractivity contribution in [3.8, 4) is 5.75 Å². The van der Waals surface area contributed by atoms with Crippen molar-refractivity contribution in [3.63, 3.8) is 0 Å². The van der Waals surface area contributed by atoms with Crippen molar-refractivity contribution in [3.05, 3.63) is 29.3 Å². The number of nitrogens with zero attached hydrogens (tertiary/aromatic N) is 1. The monoisotopic (exact) mass is 310 g/mol. The molecule has 1 fully saturated rings. The highest BCUT2D eigenvalue weighted by atomic mass is 35.5. The highest BCUT2D eigenvalue weighted by Gasteiger charge is 2.15. The molecule has 118 valence electrons. The van der Waals surface area contributed by atoms with Crippen LogP contribution in [0.4, 0.5) is 0 Å². The number of nitrogens with one attached hydrogen (secondary N) is 1. The van der Waals surface area contributed by atoms with Gasteiger partial charge in [-0.25, -0.2) is 0 Å². The van der Waals surface area contributed by atoms with E-state index in [9.17, 15) is 0 Å². The highest BCUT2D eigenvalue weighted by molar-refractivity contribution is 6.30. The Morgan fingerprint density at radius 3 is 2.62 bits per heavy atom. The van der Waals surface area contributed by atoms with Crippen molar-refractivity contribution in [1.29, 1.82) is 0 Å². The summed E-state index contributed by atoms with van der Waals surface area (Å²) in [5.74, 6) is 1.77. The molecule has 1 aliphatic heterocycles. The Labute approximate surface area is 133 Å². The Morgan fingerprint density at radius 1 is 1.24 bits per heavy atom. The molecular weight excluding hydrogens is 284 g/mol. The van der Waals surface area contributed by atoms with Gasteiger partial charge in [0.25, 0.3) is 0 Å². The maximum absolute atomic E-state index is 5.86. The lowest BCUT2D eigenvalue weighted by Crippen LogP contribution is -2.36. The molecule has 0 atom stereocenters. The van der Waals surface area contributed by atoms with Crippen molar-refractivity contribution in [2.24, 2.45) is 5.92 Å². The Kier molecular flexibility index (Phi) is 7.34. The molecule has 0 aromatic heterocycles. The van der Waals surface area contributed by atoms with E-state index in [0.717, 1.165) is 42.8 Å². The van der Waals surface area contributed by atoms with E-state index < -0.39 is 0 Å². The van der Waals surface area contributed by atoms with Crippen LogP contribution in [0.5, 0.6) is 5.75 Å². The Balaban J connectivity index is 1.62. The zero-order valence-electron chi connectivity index (χ0n) is 13.0. The average molecular weight is 311 g/mol. The molecule has 3 nitrogen and oxygen atoms in total. The maximum Gasteiger partial charge on any atom is 0.119 e. The van der Waals surface area contributed by atoms with E-state index in [1.165, 1.54) is 32.5 Å². The average Bonchev–Trinajstić information content (AvgIpc) is 2.53. The standard InChI is InChI=1S/C17H27ClN2O/c1-2-20(14-15-8-10-19-11-9-15)12-3-13-21-17-6-4-16(18)5-7-17/h4-7,15,19H,2-3,8-14H2,1H3. The normalized spacial score (nSPS) is 16.3. The molecule has 1 N–H and O–H groups in total. The predicted molar refractivity (Wildman–Crippen MR) is 89.3 cm³/mol. The van der Waals surface area contributed by atoms with Crippen LogP contribution in [0.2, 0.25) is 5.02 Å². The van der Waals surface area contributed by atoms with Gasteiger partial charge in [0.05, 0.1) is 6.61 Å². The van der Waals surface area contributed by atoms with Crippen LogP contribution in [0.1, 0.15) is 26.2 Å². The number of rotatable bonds is 8. The second kappa shape index (κ2) is 9.29. The van der Waals surface area contributed by atoms with Crippen LogP contribution in [0.25, 0.3) is 0 Å². The van der Waals surface area contributed by atoms with Crippen molar-refractivity contribution in [2.75, 3.05) is 39.3 Å². The number of piperidine rings is 1. The quantitative estimate of drug-likeness (QED) is 0.745. The number of hydrogen-bond donors (Lipinski definition) is 1. The summed E-state index contributed by atoms with van der Waals surface area (Å²) in [5.41, 5.74) is 0. The molecule has 1 aromatic carbocycles. The maximum atomic E-state index is 5.86. The van der Waals surface area contributed by atoms with Crippen LogP contribution < -0.4 is 10.1 Å². The molecular formula is C17H27ClN2O. The first-order valence-electron chi connectivity index (χ1n) is 8.09. The molecule has 0 radical (unpaired) electrons. The van der Waals surface area contributed by atoms with Crippen LogP contribution in [0.15, 0.2) is 24.3 Å². The molecule has 0 amide bonds. The molecule has 4 heteroatoms. The molecule has 1 aromatic rings. The first kappa shape index (κ1) is 16.6. The van der Waals surface area contributed by atoms with Gasteiger partial charge in [0.1, 0.15) is 5.75 Å². The molecule has 1 aliphatic rings. The summed E-state index contributed by atoms with van der Waals surface area (Å²) in [6, 6.07) is 7.59. The third-order valence-electron chi connectivity index (χ3n) is 4.12. The number of ether oxygens (including phenoxy) is 1. The van der Waals surface area contributed by atoms with Crippen LogP contribution in [0.3, 0.4) is 0 Å². The van der Waals surface area contributed by atoms with Crippen molar-refractivity contribution in [1.82, 2.24) is 10.2 Å². The van der Waals surface area contributed by atoms with Crippen molar-refractivity contribution < 1.29 is 4.74 Å². The SMILES string of the molecule is CCN(CCCOc1ccc(Cl)cc1)CC1CCNCC1. The second-order valence-electron chi connectivity index (χ2n) is 5.74. The van der Waals surface area contributed by atoms with E-state index in [1.807, 2.05) is 24.3 Å². The Bertz CT molecular complexity index is 390. The van der Waals surface area contributed by atoms with Gasteiger partial charge in [-0.2, -0.15) is 0 Å². The molecule has 1 heterocycles. The fourth-order valence-electron chi connectivity index (χ4n) is 2.82. The molecule has 2 rings (SSSR count). The number of halogens is 1. The van der Waals surface area contributed by atoms with E-state index >= 15 is 0 Å². The van der Waals surface area contributed by atoms with Gasteiger partial charge in [0.2, 0.25) is 0 Å². The van der Waals surface area contributed by atoms with Gasteiger partial charge in [-0.3, -0.25) is 0 Å². The van der Waals surface area contributed by atoms with E-state index in [2.05, 4.69) is 17.1 Å². The first-order chi connectivity index (χ1) is 10.3. The molecule has 0 bridgehead atoms. The van der Waals surface area contributed by atoms with E-state index in [1.54, 1.807) is 0 Å². The minimum atomic E-state index is 0.751. The summed E-state index contributed by atoms with van der Waals surface area (Å²) in [4.78, 5) is 2.56. The van der Waals surface area contributed by atoms with Crippen LogP contribution in [-0.4, -0.2) is 44.2 Å². The summed E-state index contributed by atoms with van der Waals surface area (Å²) in [5, 5.41) is 4.18. The summed E-state index contributed by atoms with van der Waals surface area (Å²) in [7, 11) is 0. The van der Waals surface area contributed by atoms with Gasteiger partial charge in [0, 0.05) is 18.1 Å². The third kappa shape index (κ3) is 6.25. The summed E-state index contributed by atoms with van der Waals surface area (Å²) < 4.78 is 5.75. The Hall–Kier alpha value is -0.770. The van der Waals surface area contributed by atoms with Gasteiger partial charge in [-0.05, 0) is 69.1 Å². The fourth-order valence-corrected chi connectivity index (χ4v) is 2.94. The van der Waals surface area contributed by atoms with E-state index in [-0.39, 0.29) is 0 Å². The van der Waals surface area contributed by atoms with Gasteiger partial charge >= 0.3 is 0 Å². The number of benzene rings is 1. The van der Waals surface area contributed by atoms with Gasteiger partial charge in [-0.15, -0.1) is 0 Å². The first-order valence-corrected chi connectivity index (χ1v) is 8.47. The zero-order valence-corrected chi connectivity index (χ0v) is 13.7. The minimum Gasteiger partial charge on any atom is -0.494 e. The van der Waals surface area contributed by atoms with Crippen LogP contribution in [0, 0.1) is 5.92 Å². The van der Waals surface area contributed by atoms with Gasteiger partial charge in [0.15, 0.2) is 0 Å². The van der Waals surface area contributed by atoms with Gasteiger partial charge in [-0.1, -0.05) is 18.5 Å². The van der Waals surface area contributed by atoms with Crippen LogP contribution in [-0.2, 0) is 0 Å². The van der Waals surface area contributed by atoms with Gasteiger partial charge < -0.3 is 15.0 Å². The van der Waals surface area contributed by atoms with Crippen molar-refractivity contribution in [2.45, 2.75) is 26.2 Å². The second-order valence-corrected chi connectivity index (χ2v) is 6.18. The molecule has 1 saturated heterocycles. The molecule has 0 saturated carbocycles. The summed E-state index contributed by atoms with van der Waals surface area (Å²) in [6.07, 6.45) is 3.71. The smallest absolute Gasteiger partial charge is 0.119 e. The lowest BCUT2D eigenvalue weighted by molar-refractivity contribution is 0.196. The zero-order chi connectivity index (χ0) is 14.9. The predicted octanol–water partition coefficient (Wildman–Crippen LogP) is 3.43. The fraction of sp³-hybridized carbons (Fsp3) is 0.647. The summed E-state index contributed by atoms with van der Waals surface area (Å²) >= 11 is 5.86. The molecule has 0 aliphatic carbocycles. The van der Waals surface area contributed by atoms with E-state index in [4.69, 9.17) is 16.3 Å². The lowest BCUT2D eigenvalue weighted by atomic mass is 9.97. The minimum absolute atomic E-state index is 0.751. The Morgan fingerprint density at radius 2 is 1.95 bits per heavy atom. The topological polar surface area (TPSA) is 24.5 Å². The van der Waals surface area contributed by atoms with Crippen molar-refractivity contribution >= 4 is 11.6 Å². The molecule has 21 heavy (non-hydrogen) atoms. The highest BCUT2D eigenvalue weighted by Crippen LogP contribution is 2.16. The third-order valence-corrected chi connectivity index (χ3v) is 4.38. The van der Waals surface area contributed by atoms with E-state index in [0.29, 0.717) is 0 Å². The molecule has 0 unspecified atom stereocenters. The number of hydrogen-bond acceptors (Lipinski definition) is 3. The van der Waals surface area contributed by atoms with Crippen LogP contribution >= 0.6 is 11.6 Å². The lowest BCUT2D eigenvalue weighted by Gasteiger charge is -2.29.